The number of nitrogens with zero attached hydrogens (tertiary/aromatic N) is 1. The Bertz CT molecular complexity index is 1000. The summed E-state index contributed by atoms with van der Waals surface area (Å²) >= 11 is 0. The Balaban J connectivity index is 1.43. The summed E-state index contributed by atoms with van der Waals surface area (Å²) < 4.78 is 5.43. The summed E-state index contributed by atoms with van der Waals surface area (Å²) in [5, 5.41) is 3.55. The van der Waals surface area contributed by atoms with Crippen LogP contribution in [0.2, 0.25) is 0 Å². The molecule has 1 amide bonds. The van der Waals surface area contributed by atoms with Crippen LogP contribution in [0.3, 0.4) is 0 Å². The number of hydrogen-bond donors (Lipinski definition) is 1. The zero-order chi connectivity index (χ0) is 18.6. The third-order valence-corrected chi connectivity index (χ3v) is 5.05. The monoisotopic (exact) mass is 362 g/mol. The minimum Gasteiger partial charge on any atom is -0.464 e. The van der Waals surface area contributed by atoms with Gasteiger partial charge < -0.3 is 14.6 Å². The Morgan fingerprint density at radius 1 is 1.00 bits per heavy atom. The van der Waals surface area contributed by atoms with Crippen LogP contribution < -0.4 is 10.7 Å². The molecular weight excluding hydrogens is 340 g/mol. The van der Waals surface area contributed by atoms with Gasteiger partial charge in [0.15, 0.2) is 5.43 Å². The van der Waals surface area contributed by atoms with Crippen molar-refractivity contribution in [2.24, 2.45) is 0 Å². The molecule has 0 bridgehead atoms. The van der Waals surface area contributed by atoms with Gasteiger partial charge in [0.1, 0.15) is 5.58 Å². The maximum atomic E-state index is 12.3. The van der Waals surface area contributed by atoms with E-state index in [2.05, 4.69) is 10.2 Å². The SMILES string of the molecule is O=C(NCCN1CCCC1)c1ccc(-c2ccc3c(=O)ccoc3c2)cc1. The molecule has 0 atom stereocenters. The summed E-state index contributed by atoms with van der Waals surface area (Å²) in [6.45, 7) is 3.85. The molecular formula is C22H22N2O3. The largest absolute Gasteiger partial charge is 0.464 e. The van der Waals surface area contributed by atoms with E-state index >= 15 is 0 Å². The van der Waals surface area contributed by atoms with Crippen molar-refractivity contribution >= 4 is 16.9 Å². The van der Waals surface area contributed by atoms with Gasteiger partial charge in [-0.3, -0.25) is 9.59 Å². The van der Waals surface area contributed by atoms with Crippen LogP contribution in [0.5, 0.6) is 0 Å². The average Bonchev–Trinajstić information content (AvgIpc) is 3.21. The second kappa shape index (κ2) is 7.76. The number of carbonyl (C=O) groups is 1. The molecule has 5 heteroatoms. The molecule has 1 saturated heterocycles. The maximum Gasteiger partial charge on any atom is 0.251 e. The van der Waals surface area contributed by atoms with Crippen molar-refractivity contribution in [3.8, 4) is 11.1 Å². The van der Waals surface area contributed by atoms with Gasteiger partial charge >= 0.3 is 0 Å². The molecule has 5 nitrogen and oxygen atoms in total. The lowest BCUT2D eigenvalue weighted by molar-refractivity contribution is 0.0950. The quantitative estimate of drug-likeness (QED) is 0.757. The molecule has 0 radical (unpaired) electrons. The lowest BCUT2D eigenvalue weighted by Crippen LogP contribution is -2.33. The van der Waals surface area contributed by atoms with Crippen LogP contribution >= 0.6 is 0 Å². The predicted molar refractivity (Wildman–Crippen MR) is 106 cm³/mol. The Morgan fingerprint density at radius 3 is 2.52 bits per heavy atom. The van der Waals surface area contributed by atoms with Crippen molar-refractivity contribution < 1.29 is 9.21 Å². The van der Waals surface area contributed by atoms with E-state index in [-0.39, 0.29) is 11.3 Å². The first kappa shape index (κ1) is 17.5. The van der Waals surface area contributed by atoms with Crippen LogP contribution in [0.25, 0.3) is 22.1 Å². The van der Waals surface area contributed by atoms with Crippen LogP contribution in [0.4, 0.5) is 0 Å². The van der Waals surface area contributed by atoms with Gasteiger partial charge in [-0.05, 0) is 61.3 Å². The Labute approximate surface area is 157 Å². The molecule has 1 aliphatic heterocycles. The second-order valence-corrected chi connectivity index (χ2v) is 6.88. The molecule has 1 fully saturated rings. The van der Waals surface area contributed by atoms with Crippen LogP contribution in [0, 0.1) is 0 Å². The topological polar surface area (TPSA) is 62.6 Å². The smallest absolute Gasteiger partial charge is 0.251 e. The van der Waals surface area contributed by atoms with E-state index in [0.717, 1.165) is 30.8 Å². The van der Waals surface area contributed by atoms with Crippen molar-refractivity contribution in [2.45, 2.75) is 12.8 Å². The van der Waals surface area contributed by atoms with E-state index in [9.17, 15) is 9.59 Å². The minimum atomic E-state index is -0.0521. The zero-order valence-corrected chi connectivity index (χ0v) is 15.1. The predicted octanol–water partition coefficient (Wildman–Crippen LogP) is 3.29. The summed E-state index contributed by atoms with van der Waals surface area (Å²) in [4.78, 5) is 26.5. The normalized spacial score (nSPS) is 14.5. The number of likely N-dealkylation sites (tertiary alicyclic amines) is 1. The van der Waals surface area contributed by atoms with E-state index in [1.807, 2.05) is 36.4 Å². The number of fused-ring (bicyclic) bond motifs is 1. The highest BCUT2D eigenvalue weighted by molar-refractivity contribution is 5.94. The fraction of sp³-hybridized carbons (Fsp3) is 0.273. The van der Waals surface area contributed by atoms with Gasteiger partial charge in [-0.15, -0.1) is 0 Å². The molecule has 0 saturated carbocycles. The van der Waals surface area contributed by atoms with Gasteiger partial charge in [-0.25, -0.2) is 0 Å². The first-order valence-electron chi connectivity index (χ1n) is 9.33. The number of nitrogens with one attached hydrogen (secondary N) is 1. The van der Waals surface area contributed by atoms with Gasteiger partial charge in [0, 0.05) is 24.7 Å². The number of rotatable bonds is 5. The number of carbonyl (C=O) groups excluding carboxylic acids is 1. The number of hydrogen-bond acceptors (Lipinski definition) is 4. The summed E-state index contributed by atoms with van der Waals surface area (Å²) in [7, 11) is 0. The lowest BCUT2D eigenvalue weighted by atomic mass is 10.0. The number of amides is 1. The van der Waals surface area contributed by atoms with Gasteiger partial charge in [0.05, 0.1) is 11.6 Å². The Morgan fingerprint density at radius 2 is 1.74 bits per heavy atom. The third kappa shape index (κ3) is 3.93. The summed E-state index contributed by atoms with van der Waals surface area (Å²) in [5.74, 6) is -0.0507. The zero-order valence-electron chi connectivity index (χ0n) is 15.1. The molecule has 2 aromatic carbocycles. The molecule has 2 heterocycles. The van der Waals surface area contributed by atoms with Crippen molar-refractivity contribution in [3.05, 3.63) is 70.6 Å². The van der Waals surface area contributed by atoms with Gasteiger partial charge in [0.2, 0.25) is 0 Å². The van der Waals surface area contributed by atoms with Gasteiger partial charge in [-0.2, -0.15) is 0 Å². The minimum absolute atomic E-state index is 0.0507. The molecule has 1 N–H and O–H groups in total. The molecule has 1 aromatic heterocycles. The highest BCUT2D eigenvalue weighted by atomic mass is 16.3. The van der Waals surface area contributed by atoms with Crippen LogP contribution in [-0.2, 0) is 0 Å². The average molecular weight is 362 g/mol. The Kier molecular flexibility index (Phi) is 5.03. The molecule has 1 aliphatic rings. The second-order valence-electron chi connectivity index (χ2n) is 6.88. The molecule has 0 aliphatic carbocycles. The van der Waals surface area contributed by atoms with E-state index in [1.165, 1.54) is 25.2 Å². The first-order valence-corrected chi connectivity index (χ1v) is 9.33. The molecule has 3 aromatic rings. The third-order valence-electron chi connectivity index (χ3n) is 5.05. The van der Waals surface area contributed by atoms with E-state index in [4.69, 9.17) is 4.42 Å². The highest BCUT2D eigenvalue weighted by Gasteiger charge is 2.12. The summed E-state index contributed by atoms with van der Waals surface area (Å²) in [6.07, 6.45) is 3.92. The molecule has 138 valence electrons. The fourth-order valence-corrected chi connectivity index (χ4v) is 3.51. The maximum absolute atomic E-state index is 12.3. The highest BCUT2D eigenvalue weighted by Crippen LogP contribution is 2.23. The van der Waals surface area contributed by atoms with Crippen LogP contribution in [0.1, 0.15) is 23.2 Å². The molecule has 4 rings (SSSR count). The number of benzene rings is 2. The molecule has 0 spiro atoms. The van der Waals surface area contributed by atoms with E-state index < -0.39 is 0 Å². The van der Waals surface area contributed by atoms with E-state index in [0.29, 0.717) is 23.1 Å². The van der Waals surface area contributed by atoms with Gasteiger partial charge in [0.25, 0.3) is 5.91 Å². The fourth-order valence-electron chi connectivity index (χ4n) is 3.51. The molecule has 0 unspecified atom stereocenters. The van der Waals surface area contributed by atoms with Crippen molar-refractivity contribution in [3.63, 3.8) is 0 Å². The summed E-state index contributed by atoms with van der Waals surface area (Å²) in [6, 6.07) is 14.4. The van der Waals surface area contributed by atoms with Crippen LogP contribution in [-0.4, -0.2) is 37.0 Å². The first-order chi connectivity index (χ1) is 13.2. The van der Waals surface area contributed by atoms with E-state index in [1.54, 1.807) is 6.07 Å². The van der Waals surface area contributed by atoms with Crippen LogP contribution in [0.15, 0.2) is 64.0 Å². The van der Waals surface area contributed by atoms with Crippen molar-refractivity contribution in [1.29, 1.82) is 0 Å². The molecule has 27 heavy (non-hydrogen) atoms. The lowest BCUT2D eigenvalue weighted by Gasteiger charge is -2.14. The standard InChI is InChI=1S/C22H22N2O3/c25-20-9-14-27-21-15-18(7-8-19(20)21)16-3-5-17(6-4-16)22(26)23-10-13-24-11-1-2-12-24/h3-9,14-15H,1-2,10-13H2,(H,23,26). The van der Waals surface area contributed by atoms with Gasteiger partial charge in [-0.1, -0.05) is 18.2 Å². The van der Waals surface area contributed by atoms with Crippen molar-refractivity contribution in [1.82, 2.24) is 10.2 Å². The van der Waals surface area contributed by atoms with Crippen molar-refractivity contribution in [2.75, 3.05) is 26.2 Å². The Hall–Kier alpha value is -2.92. The summed E-state index contributed by atoms with van der Waals surface area (Å²) in [5.41, 5.74) is 3.06.